The number of nitrogens with one attached hydrogen (secondary N) is 3. The van der Waals surface area contributed by atoms with Crippen molar-refractivity contribution in [1.82, 2.24) is 16.0 Å². The predicted molar refractivity (Wildman–Crippen MR) is 150 cm³/mol. The van der Waals surface area contributed by atoms with Gasteiger partial charge in [0.15, 0.2) is 0 Å². The highest BCUT2D eigenvalue weighted by atomic mass is 33.1. The van der Waals surface area contributed by atoms with Gasteiger partial charge in [-0.1, -0.05) is 59.7 Å². The van der Waals surface area contributed by atoms with Crippen molar-refractivity contribution in [2.45, 2.75) is 76.0 Å². The first-order valence-corrected chi connectivity index (χ1v) is 15.7. The van der Waals surface area contributed by atoms with Crippen LogP contribution in [-0.2, 0) is 36.5 Å². The average Bonchev–Trinajstić information content (AvgIpc) is 2.87. The lowest BCUT2D eigenvalue weighted by molar-refractivity contribution is -0.150. The number of carbonyl (C=O) groups is 4. The van der Waals surface area contributed by atoms with Crippen molar-refractivity contribution in [3.8, 4) is 0 Å². The number of fused-ring (bicyclic) bond motifs is 16. The van der Waals surface area contributed by atoms with Gasteiger partial charge in [0.2, 0.25) is 17.7 Å². The Morgan fingerprint density at radius 1 is 1.05 bits per heavy atom. The Balaban J connectivity index is 1.99. The van der Waals surface area contributed by atoms with Gasteiger partial charge in [-0.05, 0) is 30.0 Å². The molecule has 9 nitrogen and oxygen atoms in total. The molecule has 0 aliphatic carbocycles. The molecule has 1 fully saturated rings. The standard InChI is InChI=1S/C27H34F3N3O6S2/c1-15(2)20-11-18(34)12-24(36)39-19-7-4-8-40-41-14-22(26(38)32-20)33-25(37)21(31-23(35)13-19)10-16-5-3-6-17(9-16)27(28,29)30/h3-7,9,15,18-22,34H,8,10-14H2,1-2H3,(H,31,35)(H,32,38)(H,33,37)/b7-4+/t18-,19-,20-,21+,22-/m1/s1. The van der Waals surface area contributed by atoms with Gasteiger partial charge < -0.3 is 25.8 Å². The molecule has 3 heterocycles. The Bertz CT molecular complexity index is 1130. The predicted octanol–water partition coefficient (Wildman–Crippen LogP) is 2.77. The molecule has 41 heavy (non-hydrogen) atoms. The van der Waals surface area contributed by atoms with Crippen LogP contribution in [0.5, 0.6) is 0 Å². The fourth-order valence-electron chi connectivity index (χ4n) is 4.34. The lowest BCUT2D eigenvalue weighted by Crippen LogP contribution is -2.57. The van der Waals surface area contributed by atoms with Crippen LogP contribution in [0.3, 0.4) is 0 Å². The summed E-state index contributed by atoms with van der Waals surface area (Å²) in [5.74, 6) is -2.22. The molecule has 3 amide bonds. The molecule has 1 saturated heterocycles. The Hall–Kier alpha value is -2.71. The number of benzene rings is 1. The van der Waals surface area contributed by atoms with Crippen LogP contribution < -0.4 is 16.0 Å². The molecule has 0 aromatic heterocycles. The second kappa shape index (κ2) is 15.0. The van der Waals surface area contributed by atoms with Crippen LogP contribution in [0.25, 0.3) is 0 Å². The van der Waals surface area contributed by atoms with Gasteiger partial charge in [-0.3, -0.25) is 19.2 Å². The van der Waals surface area contributed by atoms with Crippen LogP contribution >= 0.6 is 21.6 Å². The number of hydrogen-bond acceptors (Lipinski definition) is 8. The number of amides is 3. The first-order chi connectivity index (χ1) is 19.3. The van der Waals surface area contributed by atoms with E-state index in [-0.39, 0.29) is 42.9 Å². The van der Waals surface area contributed by atoms with Gasteiger partial charge in [-0.2, -0.15) is 13.2 Å². The molecule has 0 spiro atoms. The second-order valence-electron chi connectivity index (χ2n) is 10.3. The number of halogens is 3. The van der Waals surface area contributed by atoms with E-state index in [1.807, 2.05) is 13.8 Å². The van der Waals surface area contributed by atoms with E-state index >= 15 is 0 Å². The second-order valence-corrected chi connectivity index (χ2v) is 12.8. The maximum Gasteiger partial charge on any atom is 0.416 e. The zero-order chi connectivity index (χ0) is 30.2. The van der Waals surface area contributed by atoms with Gasteiger partial charge >= 0.3 is 12.1 Å². The van der Waals surface area contributed by atoms with Gasteiger partial charge in [0.25, 0.3) is 0 Å². The lowest BCUT2D eigenvalue weighted by atomic mass is 9.96. The molecule has 0 unspecified atom stereocenters. The van der Waals surface area contributed by atoms with E-state index in [4.69, 9.17) is 4.74 Å². The molecule has 1 aromatic carbocycles. The van der Waals surface area contributed by atoms with Gasteiger partial charge in [0.05, 0.1) is 24.5 Å². The summed E-state index contributed by atoms with van der Waals surface area (Å²) in [5.41, 5.74) is -0.750. The van der Waals surface area contributed by atoms with E-state index < -0.39 is 65.8 Å². The zero-order valence-electron chi connectivity index (χ0n) is 22.6. The highest BCUT2D eigenvalue weighted by molar-refractivity contribution is 8.76. The third-order valence-corrected chi connectivity index (χ3v) is 8.82. The summed E-state index contributed by atoms with van der Waals surface area (Å²) in [7, 11) is 2.71. The van der Waals surface area contributed by atoms with Crippen molar-refractivity contribution in [3.05, 3.63) is 47.5 Å². The molecule has 14 heteroatoms. The number of esters is 1. The van der Waals surface area contributed by atoms with Crippen LogP contribution in [0, 0.1) is 5.92 Å². The molecule has 1 aromatic rings. The molecule has 4 rings (SSSR count). The van der Waals surface area contributed by atoms with E-state index in [0.717, 1.165) is 12.1 Å². The smallest absolute Gasteiger partial charge is 0.416 e. The average molecular weight is 618 g/mol. The third kappa shape index (κ3) is 10.6. The number of hydrogen-bond donors (Lipinski definition) is 4. The summed E-state index contributed by atoms with van der Waals surface area (Å²) in [5, 5.41) is 18.6. The maximum atomic E-state index is 13.5. The Morgan fingerprint density at radius 3 is 2.51 bits per heavy atom. The third-order valence-electron chi connectivity index (χ3n) is 6.54. The molecule has 4 N–H and O–H groups in total. The van der Waals surface area contributed by atoms with Crippen molar-refractivity contribution in [2.24, 2.45) is 5.92 Å². The summed E-state index contributed by atoms with van der Waals surface area (Å²) in [6.07, 6.45) is -4.41. The first-order valence-electron chi connectivity index (χ1n) is 13.2. The van der Waals surface area contributed by atoms with E-state index in [0.29, 0.717) is 5.75 Å². The van der Waals surface area contributed by atoms with Gasteiger partial charge in [-0.15, -0.1) is 0 Å². The van der Waals surface area contributed by atoms with Crippen LogP contribution in [0.4, 0.5) is 13.2 Å². The van der Waals surface area contributed by atoms with Gasteiger partial charge in [-0.25, -0.2) is 0 Å². The molecule has 0 radical (unpaired) electrons. The summed E-state index contributed by atoms with van der Waals surface area (Å²) < 4.78 is 45.4. The van der Waals surface area contributed by atoms with E-state index in [1.54, 1.807) is 6.08 Å². The molecular weight excluding hydrogens is 583 g/mol. The van der Waals surface area contributed by atoms with Gasteiger partial charge in [0, 0.05) is 24.0 Å². The number of alkyl halides is 3. The molecule has 226 valence electrons. The van der Waals surface area contributed by atoms with Crippen molar-refractivity contribution in [1.29, 1.82) is 0 Å². The van der Waals surface area contributed by atoms with E-state index in [1.165, 1.54) is 39.8 Å². The summed E-state index contributed by atoms with van der Waals surface area (Å²) in [6.45, 7) is 3.68. The quantitative estimate of drug-likeness (QED) is 0.231. The van der Waals surface area contributed by atoms with E-state index in [2.05, 4.69) is 16.0 Å². The Kier molecular flexibility index (Phi) is 12.0. The maximum absolute atomic E-state index is 13.5. The molecular formula is C27H34F3N3O6S2. The number of carbonyl (C=O) groups excluding carboxylic acids is 4. The monoisotopic (exact) mass is 617 g/mol. The SMILES string of the molecule is CC(C)[C@H]1C[C@@H](O)CC(=O)O[C@@H]2/C=C/CSSC[C@@H](NC(=O)[C@H](Cc3cccc(C(F)(F)F)c3)NC(=O)C2)C(=O)N1. The van der Waals surface area contributed by atoms with Crippen molar-refractivity contribution in [3.63, 3.8) is 0 Å². The lowest BCUT2D eigenvalue weighted by Gasteiger charge is -2.29. The fourth-order valence-corrected chi connectivity index (χ4v) is 6.31. The van der Waals surface area contributed by atoms with E-state index in [9.17, 15) is 37.5 Å². The van der Waals surface area contributed by atoms with Crippen molar-refractivity contribution in [2.75, 3.05) is 11.5 Å². The van der Waals surface area contributed by atoms with Crippen molar-refractivity contribution >= 4 is 45.3 Å². The number of aliphatic hydroxyl groups is 1. The Morgan fingerprint density at radius 2 is 1.80 bits per heavy atom. The van der Waals surface area contributed by atoms with Crippen molar-refractivity contribution < 1.29 is 42.2 Å². The number of rotatable bonds is 3. The summed E-state index contributed by atoms with van der Waals surface area (Å²) in [4.78, 5) is 52.4. The van der Waals surface area contributed by atoms with Gasteiger partial charge in [0.1, 0.15) is 18.2 Å². The molecule has 3 aliphatic heterocycles. The largest absolute Gasteiger partial charge is 0.457 e. The first kappa shape index (κ1) is 32.8. The topological polar surface area (TPSA) is 134 Å². The normalized spacial score (nSPS) is 28.3. The summed E-state index contributed by atoms with van der Waals surface area (Å²) in [6, 6.07) is 1.54. The molecule has 3 aliphatic rings. The zero-order valence-corrected chi connectivity index (χ0v) is 24.2. The van der Waals surface area contributed by atoms with Crippen LogP contribution in [0.2, 0.25) is 0 Å². The van der Waals surface area contributed by atoms with Crippen LogP contribution in [0.1, 0.15) is 44.2 Å². The number of aliphatic hydroxyl groups excluding tert-OH is 1. The molecule has 2 bridgehead atoms. The summed E-state index contributed by atoms with van der Waals surface area (Å²) >= 11 is 0. The molecule has 5 atom stereocenters. The van der Waals surface area contributed by atoms with Crippen LogP contribution in [0.15, 0.2) is 36.4 Å². The minimum Gasteiger partial charge on any atom is -0.457 e. The minimum atomic E-state index is -4.60. The minimum absolute atomic E-state index is 0.0558. The molecule has 0 saturated carbocycles. The highest BCUT2D eigenvalue weighted by Gasteiger charge is 2.33. The highest BCUT2D eigenvalue weighted by Crippen LogP contribution is 2.30. The van der Waals surface area contributed by atoms with Crippen LogP contribution in [-0.4, -0.2) is 70.6 Å². The fraction of sp³-hybridized carbons (Fsp3) is 0.556. The Labute approximate surface area is 244 Å². The number of ether oxygens (including phenoxy) is 1.